The van der Waals surface area contributed by atoms with Crippen molar-refractivity contribution in [2.24, 2.45) is 11.8 Å². The van der Waals surface area contributed by atoms with Crippen LogP contribution in [0.5, 0.6) is 0 Å². The maximum Gasteiger partial charge on any atom is 0.0602 e. The maximum atomic E-state index is 9.43. The lowest BCUT2D eigenvalue weighted by molar-refractivity contribution is 0.0536. The molecule has 1 fully saturated rings. The molecule has 0 spiro atoms. The van der Waals surface area contributed by atoms with Crippen LogP contribution in [0.25, 0.3) is 0 Å². The summed E-state index contributed by atoms with van der Waals surface area (Å²) in [5.41, 5.74) is 0. The van der Waals surface area contributed by atoms with Crippen LogP contribution in [0.15, 0.2) is 12.7 Å². The average molecular weight is 156 g/mol. The standard InChI is InChI=1S/C9H16O2/c1-2-8-5-7(6-10)3-4-9(8)11/h2,7-11H,1,3-6H2. The van der Waals surface area contributed by atoms with Gasteiger partial charge in [-0.2, -0.15) is 0 Å². The van der Waals surface area contributed by atoms with Crippen LogP contribution in [0.4, 0.5) is 0 Å². The zero-order valence-corrected chi connectivity index (χ0v) is 6.74. The van der Waals surface area contributed by atoms with E-state index in [-0.39, 0.29) is 18.6 Å². The third-order valence-electron chi connectivity index (χ3n) is 2.53. The first-order chi connectivity index (χ1) is 5.27. The SMILES string of the molecule is C=CC1CC(CO)CCC1O. The Morgan fingerprint density at radius 1 is 1.45 bits per heavy atom. The zero-order chi connectivity index (χ0) is 8.27. The van der Waals surface area contributed by atoms with Crippen molar-refractivity contribution in [2.75, 3.05) is 6.61 Å². The summed E-state index contributed by atoms with van der Waals surface area (Å²) in [5.74, 6) is 0.572. The molecule has 0 amide bonds. The molecule has 1 aliphatic carbocycles. The molecule has 2 N–H and O–H groups in total. The summed E-state index contributed by atoms with van der Waals surface area (Å²) in [4.78, 5) is 0. The fraction of sp³-hybridized carbons (Fsp3) is 0.778. The van der Waals surface area contributed by atoms with Crippen molar-refractivity contribution in [3.8, 4) is 0 Å². The van der Waals surface area contributed by atoms with E-state index in [1.165, 1.54) is 0 Å². The normalized spacial score (nSPS) is 38.5. The molecule has 11 heavy (non-hydrogen) atoms. The monoisotopic (exact) mass is 156 g/mol. The molecule has 0 radical (unpaired) electrons. The summed E-state index contributed by atoms with van der Waals surface area (Å²) in [6, 6.07) is 0. The van der Waals surface area contributed by atoms with Crippen LogP contribution in [0.3, 0.4) is 0 Å². The lowest BCUT2D eigenvalue weighted by Crippen LogP contribution is -2.29. The van der Waals surface area contributed by atoms with Gasteiger partial charge < -0.3 is 10.2 Å². The van der Waals surface area contributed by atoms with Crippen molar-refractivity contribution < 1.29 is 10.2 Å². The van der Waals surface area contributed by atoms with Gasteiger partial charge in [0.25, 0.3) is 0 Å². The molecule has 3 unspecified atom stereocenters. The van der Waals surface area contributed by atoms with E-state index in [9.17, 15) is 5.11 Å². The molecule has 0 heterocycles. The Hall–Kier alpha value is -0.340. The molecule has 0 saturated heterocycles. The van der Waals surface area contributed by atoms with Gasteiger partial charge in [-0.1, -0.05) is 6.08 Å². The van der Waals surface area contributed by atoms with E-state index in [1.807, 2.05) is 0 Å². The van der Waals surface area contributed by atoms with Gasteiger partial charge in [0.05, 0.1) is 6.10 Å². The summed E-state index contributed by atoms with van der Waals surface area (Å²) in [6.45, 7) is 3.91. The second kappa shape index (κ2) is 3.88. The topological polar surface area (TPSA) is 40.5 Å². The van der Waals surface area contributed by atoms with Crippen LogP contribution in [0.1, 0.15) is 19.3 Å². The Morgan fingerprint density at radius 3 is 2.73 bits per heavy atom. The second-order valence-corrected chi connectivity index (χ2v) is 3.33. The van der Waals surface area contributed by atoms with E-state index >= 15 is 0 Å². The van der Waals surface area contributed by atoms with Gasteiger partial charge in [-0.25, -0.2) is 0 Å². The third kappa shape index (κ3) is 2.04. The van der Waals surface area contributed by atoms with Gasteiger partial charge in [0, 0.05) is 12.5 Å². The van der Waals surface area contributed by atoms with E-state index in [0.29, 0.717) is 5.92 Å². The van der Waals surface area contributed by atoms with E-state index in [1.54, 1.807) is 6.08 Å². The molecule has 0 aromatic carbocycles. The summed E-state index contributed by atoms with van der Waals surface area (Å²) in [6.07, 6.45) is 4.22. The van der Waals surface area contributed by atoms with E-state index in [2.05, 4.69) is 6.58 Å². The van der Waals surface area contributed by atoms with Crippen LogP contribution in [-0.4, -0.2) is 22.9 Å². The number of aliphatic hydroxyl groups is 2. The van der Waals surface area contributed by atoms with Gasteiger partial charge in [-0.3, -0.25) is 0 Å². The highest BCUT2D eigenvalue weighted by molar-refractivity contribution is 4.89. The van der Waals surface area contributed by atoms with Gasteiger partial charge >= 0.3 is 0 Å². The van der Waals surface area contributed by atoms with Crippen molar-refractivity contribution in [2.45, 2.75) is 25.4 Å². The van der Waals surface area contributed by atoms with Crippen LogP contribution < -0.4 is 0 Å². The quantitative estimate of drug-likeness (QED) is 0.584. The third-order valence-corrected chi connectivity index (χ3v) is 2.53. The maximum absolute atomic E-state index is 9.43. The summed E-state index contributed by atoms with van der Waals surface area (Å²) < 4.78 is 0. The average Bonchev–Trinajstić information content (AvgIpc) is 2.05. The molecule has 2 nitrogen and oxygen atoms in total. The Balaban J connectivity index is 2.43. The van der Waals surface area contributed by atoms with Crippen LogP contribution in [-0.2, 0) is 0 Å². The van der Waals surface area contributed by atoms with E-state index in [4.69, 9.17) is 5.11 Å². The van der Waals surface area contributed by atoms with Crippen molar-refractivity contribution in [1.29, 1.82) is 0 Å². The summed E-state index contributed by atoms with van der Waals surface area (Å²) in [5, 5.41) is 18.3. The lowest BCUT2D eigenvalue weighted by Gasteiger charge is -2.30. The van der Waals surface area contributed by atoms with Crippen LogP contribution >= 0.6 is 0 Å². The van der Waals surface area contributed by atoms with Crippen molar-refractivity contribution in [1.82, 2.24) is 0 Å². The van der Waals surface area contributed by atoms with Gasteiger partial charge in [-0.05, 0) is 25.2 Å². The summed E-state index contributed by atoms with van der Waals surface area (Å²) in [7, 11) is 0. The Labute approximate surface area is 67.6 Å². The van der Waals surface area contributed by atoms with Crippen molar-refractivity contribution in [3.63, 3.8) is 0 Å². The number of hydrogen-bond donors (Lipinski definition) is 2. The second-order valence-electron chi connectivity index (χ2n) is 3.33. The summed E-state index contributed by atoms with van der Waals surface area (Å²) >= 11 is 0. The molecule has 3 atom stereocenters. The minimum atomic E-state index is -0.227. The van der Waals surface area contributed by atoms with Crippen molar-refractivity contribution >= 4 is 0 Å². The highest BCUT2D eigenvalue weighted by Crippen LogP contribution is 2.29. The largest absolute Gasteiger partial charge is 0.396 e. The first-order valence-electron chi connectivity index (χ1n) is 4.19. The number of aliphatic hydroxyl groups excluding tert-OH is 2. The molecule has 0 bridgehead atoms. The minimum absolute atomic E-state index is 0.195. The fourth-order valence-corrected chi connectivity index (χ4v) is 1.70. The predicted molar refractivity (Wildman–Crippen MR) is 44.1 cm³/mol. The molecule has 1 rings (SSSR count). The molecular formula is C9H16O2. The predicted octanol–water partition coefficient (Wildman–Crippen LogP) is 0.942. The van der Waals surface area contributed by atoms with E-state index in [0.717, 1.165) is 19.3 Å². The minimum Gasteiger partial charge on any atom is -0.396 e. The Bertz CT molecular complexity index is 134. The molecule has 0 aliphatic heterocycles. The van der Waals surface area contributed by atoms with Gasteiger partial charge in [0.1, 0.15) is 0 Å². The number of hydrogen-bond acceptors (Lipinski definition) is 2. The molecule has 1 aliphatic rings. The van der Waals surface area contributed by atoms with Crippen molar-refractivity contribution in [3.05, 3.63) is 12.7 Å². The lowest BCUT2D eigenvalue weighted by atomic mass is 9.80. The smallest absolute Gasteiger partial charge is 0.0602 e. The van der Waals surface area contributed by atoms with Gasteiger partial charge in [-0.15, -0.1) is 6.58 Å². The Kier molecular flexibility index (Phi) is 3.09. The highest BCUT2D eigenvalue weighted by Gasteiger charge is 2.26. The molecule has 2 heteroatoms. The molecule has 0 aromatic heterocycles. The first kappa shape index (κ1) is 8.75. The molecule has 1 saturated carbocycles. The van der Waals surface area contributed by atoms with E-state index < -0.39 is 0 Å². The van der Waals surface area contributed by atoms with Crippen LogP contribution in [0.2, 0.25) is 0 Å². The van der Waals surface area contributed by atoms with Gasteiger partial charge in [0.2, 0.25) is 0 Å². The first-order valence-corrected chi connectivity index (χ1v) is 4.19. The highest BCUT2D eigenvalue weighted by atomic mass is 16.3. The Morgan fingerprint density at radius 2 is 2.18 bits per heavy atom. The zero-order valence-electron chi connectivity index (χ0n) is 6.74. The van der Waals surface area contributed by atoms with Crippen LogP contribution in [0, 0.1) is 11.8 Å². The van der Waals surface area contributed by atoms with Gasteiger partial charge in [0.15, 0.2) is 0 Å². The molecule has 0 aromatic rings. The molecule has 64 valence electrons. The molecular weight excluding hydrogens is 140 g/mol. The number of rotatable bonds is 2. The fourth-order valence-electron chi connectivity index (χ4n) is 1.70.